The van der Waals surface area contributed by atoms with E-state index in [0.29, 0.717) is 6.54 Å². The number of hydrogen-bond acceptors (Lipinski definition) is 5. The zero-order valence-electron chi connectivity index (χ0n) is 12.0. The summed E-state index contributed by atoms with van der Waals surface area (Å²) >= 11 is 0. The average Bonchev–Trinajstić information content (AvgIpc) is 2.37. The molecule has 0 radical (unpaired) electrons. The first kappa shape index (κ1) is 16.4. The highest BCUT2D eigenvalue weighted by Crippen LogP contribution is 2.29. The van der Waals surface area contributed by atoms with Crippen molar-refractivity contribution < 1.29 is 13.3 Å². The van der Waals surface area contributed by atoms with Gasteiger partial charge in [0.05, 0.1) is 9.82 Å². The predicted molar refractivity (Wildman–Crippen MR) is 77.3 cm³/mol. The number of nitro benzene ring substituents is 1. The van der Waals surface area contributed by atoms with Gasteiger partial charge in [0, 0.05) is 25.7 Å². The minimum absolute atomic E-state index is 0.0706. The van der Waals surface area contributed by atoms with Crippen molar-refractivity contribution in [2.75, 3.05) is 18.9 Å². The van der Waals surface area contributed by atoms with Crippen molar-refractivity contribution in [2.24, 2.45) is 0 Å². The Hall–Kier alpha value is -1.67. The number of nitro groups is 1. The second kappa shape index (κ2) is 6.19. The number of hydrogen-bond donors (Lipinski definition) is 1. The van der Waals surface area contributed by atoms with Crippen LogP contribution in [0.2, 0.25) is 0 Å². The van der Waals surface area contributed by atoms with Gasteiger partial charge in [-0.05, 0) is 26.0 Å². The lowest BCUT2D eigenvalue weighted by Crippen LogP contribution is -2.36. The van der Waals surface area contributed by atoms with E-state index in [1.807, 2.05) is 0 Å². The zero-order chi connectivity index (χ0) is 15.5. The minimum Gasteiger partial charge on any atom is -0.383 e. The molecule has 0 saturated carbocycles. The van der Waals surface area contributed by atoms with Crippen LogP contribution in [0.5, 0.6) is 0 Å². The van der Waals surface area contributed by atoms with Gasteiger partial charge >= 0.3 is 0 Å². The van der Waals surface area contributed by atoms with Crippen LogP contribution in [0.1, 0.15) is 20.8 Å². The van der Waals surface area contributed by atoms with Gasteiger partial charge in [-0.1, -0.05) is 6.92 Å². The van der Waals surface area contributed by atoms with Gasteiger partial charge in [-0.15, -0.1) is 0 Å². The Labute approximate surface area is 118 Å². The summed E-state index contributed by atoms with van der Waals surface area (Å²) in [4.78, 5) is 10.3. The van der Waals surface area contributed by atoms with Gasteiger partial charge in [0.2, 0.25) is 10.0 Å². The van der Waals surface area contributed by atoms with Crippen LogP contribution < -0.4 is 5.32 Å². The lowest BCUT2D eigenvalue weighted by atomic mass is 10.3. The van der Waals surface area contributed by atoms with E-state index in [0.717, 1.165) is 6.07 Å². The third-order valence-corrected chi connectivity index (χ3v) is 5.08. The van der Waals surface area contributed by atoms with E-state index in [-0.39, 0.29) is 22.3 Å². The predicted octanol–water partition coefficient (Wildman–Crippen LogP) is 2.06. The molecular weight excluding hydrogens is 282 g/mol. The molecule has 0 saturated heterocycles. The summed E-state index contributed by atoms with van der Waals surface area (Å²) in [5.41, 5.74) is 0.0231. The molecule has 7 nitrogen and oxygen atoms in total. The van der Waals surface area contributed by atoms with Gasteiger partial charge in [0.25, 0.3) is 5.69 Å². The third-order valence-electron chi connectivity index (χ3n) is 2.93. The molecule has 0 aromatic heterocycles. The van der Waals surface area contributed by atoms with Gasteiger partial charge in [-0.2, -0.15) is 4.31 Å². The summed E-state index contributed by atoms with van der Waals surface area (Å²) < 4.78 is 26.2. The molecule has 8 heteroatoms. The topological polar surface area (TPSA) is 92.6 Å². The molecule has 0 atom stereocenters. The van der Waals surface area contributed by atoms with E-state index in [2.05, 4.69) is 5.32 Å². The third kappa shape index (κ3) is 3.07. The fourth-order valence-corrected chi connectivity index (χ4v) is 3.65. The average molecular weight is 301 g/mol. The van der Waals surface area contributed by atoms with Crippen molar-refractivity contribution in [2.45, 2.75) is 31.7 Å². The molecular formula is C12H19N3O4S. The molecule has 0 amide bonds. The van der Waals surface area contributed by atoms with Crippen molar-refractivity contribution in [3.63, 3.8) is 0 Å². The maximum Gasteiger partial charge on any atom is 0.293 e. The first-order valence-corrected chi connectivity index (χ1v) is 7.67. The number of nitrogens with zero attached hydrogens (tertiary/aromatic N) is 2. The van der Waals surface area contributed by atoms with Gasteiger partial charge in [-0.25, -0.2) is 8.42 Å². The van der Waals surface area contributed by atoms with Gasteiger partial charge in [0.1, 0.15) is 5.69 Å². The monoisotopic (exact) mass is 301 g/mol. The Morgan fingerprint density at radius 1 is 1.40 bits per heavy atom. The standard InChI is InChI=1S/C12H19N3O4S/c1-5-14(9(2)3)20(18,19)10-6-7-11(13-4)12(8-10)15(16)17/h6-9,13H,5H2,1-4H3. The number of nitrogens with one attached hydrogen (secondary N) is 1. The smallest absolute Gasteiger partial charge is 0.293 e. The van der Waals surface area contributed by atoms with Crippen LogP contribution in [0.3, 0.4) is 0 Å². The first-order chi connectivity index (χ1) is 9.25. The second-order valence-corrected chi connectivity index (χ2v) is 6.38. The van der Waals surface area contributed by atoms with Crippen LogP contribution in [-0.2, 0) is 10.0 Å². The van der Waals surface area contributed by atoms with Crippen LogP contribution in [0.4, 0.5) is 11.4 Å². The first-order valence-electron chi connectivity index (χ1n) is 6.23. The van der Waals surface area contributed by atoms with E-state index < -0.39 is 14.9 Å². The van der Waals surface area contributed by atoms with Crippen LogP contribution in [0, 0.1) is 10.1 Å². The maximum atomic E-state index is 12.5. The Balaban J connectivity index is 3.40. The highest BCUT2D eigenvalue weighted by Gasteiger charge is 2.28. The summed E-state index contributed by atoms with van der Waals surface area (Å²) in [7, 11) is -2.19. The second-order valence-electron chi connectivity index (χ2n) is 4.49. The summed E-state index contributed by atoms with van der Waals surface area (Å²) in [5.74, 6) is 0. The van der Waals surface area contributed by atoms with Crippen LogP contribution in [0.25, 0.3) is 0 Å². The molecule has 0 fully saturated rings. The van der Waals surface area contributed by atoms with E-state index in [1.165, 1.54) is 16.4 Å². The number of benzene rings is 1. The van der Waals surface area contributed by atoms with Crippen LogP contribution in [0.15, 0.2) is 23.1 Å². The molecule has 0 spiro atoms. The zero-order valence-corrected chi connectivity index (χ0v) is 12.8. The maximum absolute atomic E-state index is 12.5. The largest absolute Gasteiger partial charge is 0.383 e. The van der Waals surface area contributed by atoms with Crippen molar-refractivity contribution in [3.05, 3.63) is 28.3 Å². The van der Waals surface area contributed by atoms with E-state index >= 15 is 0 Å². The van der Waals surface area contributed by atoms with E-state index in [4.69, 9.17) is 0 Å². The van der Waals surface area contributed by atoms with E-state index in [1.54, 1.807) is 27.8 Å². The number of anilines is 1. The highest BCUT2D eigenvalue weighted by atomic mass is 32.2. The molecule has 20 heavy (non-hydrogen) atoms. The summed E-state index contributed by atoms with van der Waals surface area (Å²) in [5, 5.41) is 13.7. The Morgan fingerprint density at radius 3 is 2.40 bits per heavy atom. The number of rotatable bonds is 6. The molecule has 1 aromatic carbocycles. The molecule has 1 aromatic rings. The van der Waals surface area contributed by atoms with E-state index in [9.17, 15) is 18.5 Å². The number of sulfonamides is 1. The van der Waals surface area contributed by atoms with Gasteiger partial charge < -0.3 is 5.32 Å². The minimum atomic E-state index is -3.73. The molecule has 112 valence electrons. The van der Waals surface area contributed by atoms with Crippen molar-refractivity contribution >= 4 is 21.4 Å². The molecule has 0 unspecified atom stereocenters. The molecule has 0 aliphatic carbocycles. The van der Waals surface area contributed by atoms with Crippen molar-refractivity contribution in [1.29, 1.82) is 0 Å². The molecule has 0 aliphatic heterocycles. The summed E-state index contributed by atoms with van der Waals surface area (Å²) in [6.07, 6.45) is 0. The fourth-order valence-electron chi connectivity index (χ4n) is 1.98. The van der Waals surface area contributed by atoms with Crippen molar-refractivity contribution in [1.82, 2.24) is 4.31 Å². The summed E-state index contributed by atoms with van der Waals surface area (Å²) in [6, 6.07) is 3.65. The lowest BCUT2D eigenvalue weighted by Gasteiger charge is -2.24. The molecule has 1 N–H and O–H groups in total. The fraction of sp³-hybridized carbons (Fsp3) is 0.500. The normalized spacial score (nSPS) is 11.9. The molecule has 0 bridgehead atoms. The van der Waals surface area contributed by atoms with Crippen LogP contribution >= 0.6 is 0 Å². The van der Waals surface area contributed by atoms with Gasteiger partial charge in [-0.3, -0.25) is 10.1 Å². The van der Waals surface area contributed by atoms with Gasteiger partial charge in [0.15, 0.2) is 0 Å². The molecule has 0 heterocycles. The molecule has 1 rings (SSSR count). The highest BCUT2D eigenvalue weighted by molar-refractivity contribution is 7.89. The quantitative estimate of drug-likeness (QED) is 0.641. The Kier molecular flexibility index (Phi) is 5.07. The SMILES string of the molecule is CCN(C(C)C)S(=O)(=O)c1ccc(NC)c([N+](=O)[O-])c1. The summed E-state index contributed by atoms with van der Waals surface area (Å²) in [6.45, 7) is 5.56. The Morgan fingerprint density at radius 2 is 2.00 bits per heavy atom. The van der Waals surface area contributed by atoms with Crippen molar-refractivity contribution in [3.8, 4) is 0 Å². The van der Waals surface area contributed by atoms with Crippen LogP contribution in [-0.4, -0.2) is 37.3 Å². The molecule has 0 aliphatic rings. The Bertz CT molecular complexity index is 599. The lowest BCUT2D eigenvalue weighted by molar-refractivity contribution is -0.384.